The molecule has 0 aliphatic heterocycles. The van der Waals surface area contributed by atoms with Crippen molar-refractivity contribution in [2.75, 3.05) is 13.2 Å². The zero-order valence-corrected chi connectivity index (χ0v) is 13.5. The highest BCUT2D eigenvalue weighted by molar-refractivity contribution is 5.98. The van der Waals surface area contributed by atoms with Crippen LogP contribution in [0.25, 0.3) is 11.0 Å². The van der Waals surface area contributed by atoms with Gasteiger partial charge < -0.3 is 10.1 Å². The average molecular weight is 373 g/mol. The molecule has 1 heterocycles. The molecule has 1 aromatic heterocycles. The van der Waals surface area contributed by atoms with Crippen LogP contribution in [0.4, 0.5) is 18.0 Å². The second-order valence-electron chi connectivity index (χ2n) is 5.03. The SMILES string of the molecule is CCn1nnc2cc(C(=O)OCC(=O)NC(=O)NCC(F)(F)F)ccc21. The summed E-state index contributed by atoms with van der Waals surface area (Å²) in [5, 5.41) is 10.8. The first-order valence-corrected chi connectivity index (χ1v) is 7.34. The standard InChI is InChI=1S/C14H14F3N5O4/c1-2-22-10-4-3-8(5-9(10)20-21-22)12(24)26-6-11(23)19-13(25)18-7-14(15,16)17/h3-5H,2,6-7H2,1H3,(H2,18,19,23,25). The Hall–Kier alpha value is -3.18. The van der Waals surface area contributed by atoms with E-state index in [1.807, 2.05) is 6.92 Å². The van der Waals surface area contributed by atoms with Crippen LogP contribution >= 0.6 is 0 Å². The Morgan fingerprint density at radius 1 is 1.27 bits per heavy atom. The van der Waals surface area contributed by atoms with Crippen LogP contribution in [0.2, 0.25) is 0 Å². The molecule has 2 rings (SSSR count). The zero-order chi connectivity index (χ0) is 19.3. The largest absolute Gasteiger partial charge is 0.452 e. The summed E-state index contributed by atoms with van der Waals surface area (Å²) in [6.07, 6.45) is -4.61. The van der Waals surface area contributed by atoms with Crippen molar-refractivity contribution in [3.63, 3.8) is 0 Å². The van der Waals surface area contributed by atoms with Gasteiger partial charge >= 0.3 is 18.2 Å². The number of carbonyl (C=O) groups excluding carboxylic acids is 3. The lowest BCUT2D eigenvalue weighted by molar-refractivity contribution is -0.125. The number of nitrogens with one attached hydrogen (secondary N) is 2. The van der Waals surface area contributed by atoms with Crippen molar-refractivity contribution in [1.82, 2.24) is 25.6 Å². The highest BCUT2D eigenvalue weighted by atomic mass is 19.4. The molecule has 0 saturated heterocycles. The number of urea groups is 1. The summed E-state index contributed by atoms with van der Waals surface area (Å²) < 4.78 is 42.1. The number of hydrogen-bond acceptors (Lipinski definition) is 6. The minimum atomic E-state index is -4.61. The number of aryl methyl sites for hydroxylation is 1. The van der Waals surface area contributed by atoms with Crippen LogP contribution in [0.3, 0.4) is 0 Å². The highest BCUT2D eigenvalue weighted by Gasteiger charge is 2.28. The number of alkyl halides is 3. The van der Waals surface area contributed by atoms with Gasteiger partial charge in [0.05, 0.1) is 11.1 Å². The number of aromatic nitrogens is 3. The second-order valence-corrected chi connectivity index (χ2v) is 5.03. The van der Waals surface area contributed by atoms with Crippen LogP contribution in [0.1, 0.15) is 17.3 Å². The molecule has 2 N–H and O–H groups in total. The fraction of sp³-hybridized carbons (Fsp3) is 0.357. The molecular weight excluding hydrogens is 359 g/mol. The number of benzene rings is 1. The average Bonchev–Trinajstić information content (AvgIpc) is 2.99. The van der Waals surface area contributed by atoms with E-state index in [-0.39, 0.29) is 5.56 Å². The predicted molar refractivity (Wildman–Crippen MR) is 81.1 cm³/mol. The molecule has 0 unspecified atom stereocenters. The lowest BCUT2D eigenvalue weighted by atomic mass is 10.2. The topological polar surface area (TPSA) is 115 Å². The third-order valence-corrected chi connectivity index (χ3v) is 3.09. The van der Waals surface area contributed by atoms with Gasteiger partial charge in [-0.1, -0.05) is 5.21 Å². The number of halogens is 3. The van der Waals surface area contributed by atoms with Gasteiger partial charge in [-0.15, -0.1) is 5.10 Å². The molecule has 0 spiro atoms. The van der Waals surface area contributed by atoms with Crippen molar-refractivity contribution in [3.8, 4) is 0 Å². The molecule has 0 aliphatic rings. The first-order chi connectivity index (χ1) is 12.2. The van der Waals surface area contributed by atoms with Crippen LogP contribution < -0.4 is 10.6 Å². The summed E-state index contributed by atoms with van der Waals surface area (Å²) in [6.45, 7) is 0.0406. The molecule has 0 radical (unpaired) electrons. The minimum absolute atomic E-state index is 0.106. The smallest absolute Gasteiger partial charge is 0.405 e. The lowest BCUT2D eigenvalue weighted by Gasteiger charge is -2.09. The zero-order valence-electron chi connectivity index (χ0n) is 13.5. The maximum absolute atomic E-state index is 11.9. The van der Waals surface area contributed by atoms with Gasteiger partial charge in [0.1, 0.15) is 12.1 Å². The summed E-state index contributed by atoms with van der Waals surface area (Å²) in [5.41, 5.74) is 1.27. The number of ether oxygens (including phenoxy) is 1. The molecule has 3 amide bonds. The van der Waals surface area contributed by atoms with E-state index in [0.29, 0.717) is 17.6 Å². The molecule has 140 valence electrons. The Morgan fingerprint density at radius 3 is 2.65 bits per heavy atom. The highest BCUT2D eigenvalue weighted by Crippen LogP contribution is 2.14. The molecule has 0 aliphatic carbocycles. The van der Waals surface area contributed by atoms with Crippen LogP contribution in [-0.4, -0.2) is 52.2 Å². The van der Waals surface area contributed by atoms with E-state index in [1.54, 1.807) is 16.1 Å². The Balaban J connectivity index is 1.86. The molecule has 0 bridgehead atoms. The predicted octanol–water partition coefficient (Wildman–Crippen LogP) is 0.996. The monoisotopic (exact) mass is 373 g/mol. The number of fused-ring (bicyclic) bond motifs is 1. The summed E-state index contributed by atoms with van der Waals surface area (Å²) in [7, 11) is 0. The Morgan fingerprint density at radius 2 is 2.00 bits per heavy atom. The quantitative estimate of drug-likeness (QED) is 0.756. The summed E-state index contributed by atoms with van der Waals surface area (Å²) in [6, 6.07) is 3.14. The van der Waals surface area contributed by atoms with Crippen molar-refractivity contribution < 1.29 is 32.3 Å². The number of carbonyl (C=O) groups is 3. The number of rotatable bonds is 5. The van der Waals surface area contributed by atoms with Gasteiger partial charge in [-0.05, 0) is 25.1 Å². The molecule has 26 heavy (non-hydrogen) atoms. The fourth-order valence-electron chi connectivity index (χ4n) is 1.93. The fourth-order valence-corrected chi connectivity index (χ4v) is 1.93. The maximum Gasteiger partial charge on any atom is 0.405 e. The van der Waals surface area contributed by atoms with Crippen molar-refractivity contribution >= 4 is 28.9 Å². The van der Waals surface area contributed by atoms with E-state index in [0.717, 1.165) is 0 Å². The number of esters is 1. The van der Waals surface area contributed by atoms with Crippen molar-refractivity contribution in [1.29, 1.82) is 0 Å². The summed E-state index contributed by atoms with van der Waals surface area (Å²) >= 11 is 0. The number of amides is 3. The van der Waals surface area contributed by atoms with E-state index in [2.05, 4.69) is 10.3 Å². The van der Waals surface area contributed by atoms with E-state index >= 15 is 0 Å². The summed E-state index contributed by atoms with van der Waals surface area (Å²) in [4.78, 5) is 34.4. The molecule has 0 fully saturated rings. The molecule has 1 aromatic carbocycles. The molecule has 2 aromatic rings. The molecular formula is C14H14F3N5O4. The molecule has 9 nitrogen and oxygen atoms in total. The normalized spacial score (nSPS) is 11.2. The third kappa shape index (κ3) is 5.16. The van der Waals surface area contributed by atoms with E-state index < -0.39 is 37.2 Å². The number of hydrogen-bond donors (Lipinski definition) is 2. The third-order valence-electron chi connectivity index (χ3n) is 3.09. The van der Waals surface area contributed by atoms with Crippen LogP contribution in [0.5, 0.6) is 0 Å². The van der Waals surface area contributed by atoms with E-state index in [4.69, 9.17) is 4.74 Å². The van der Waals surface area contributed by atoms with Crippen molar-refractivity contribution in [3.05, 3.63) is 23.8 Å². The van der Waals surface area contributed by atoms with Gasteiger partial charge in [-0.2, -0.15) is 13.2 Å². The minimum Gasteiger partial charge on any atom is -0.452 e. The molecule has 0 saturated carbocycles. The molecule has 12 heteroatoms. The van der Waals surface area contributed by atoms with Crippen molar-refractivity contribution in [2.24, 2.45) is 0 Å². The van der Waals surface area contributed by atoms with Crippen molar-refractivity contribution in [2.45, 2.75) is 19.6 Å². The van der Waals surface area contributed by atoms with Gasteiger partial charge in [-0.25, -0.2) is 14.3 Å². The Labute approximate surface area is 144 Å². The summed E-state index contributed by atoms with van der Waals surface area (Å²) in [5.74, 6) is -1.93. The first-order valence-electron chi connectivity index (χ1n) is 7.34. The second kappa shape index (κ2) is 7.80. The van der Waals surface area contributed by atoms with Crippen LogP contribution in [0, 0.1) is 0 Å². The Bertz CT molecular complexity index is 834. The number of nitrogens with zero attached hydrogens (tertiary/aromatic N) is 3. The van der Waals surface area contributed by atoms with Crippen LogP contribution in [0.15, 0.2) is 18.2 Å². The van der Waals surface area contributed by atoms with Gasteiger partial charge in [0.15, 0.2) is 6.61 Å². The van der Waals surface area contributed by atoms with Gasteiger partial charge in [0.2, 0.25) is 0 Å². The van der Waals surface area contributed by atoms with Gasteiger partial charge in [-0.3, -0.25) is 10.1 Å². The number of imide groups is 1. The van der Waals surface area contributed by atoms with E-state index in [1.165, 1.54) is 17.4 Å². The van der Waals surface area contributed by atoms with Gasteiger partial charge in [0.25, 0.3) is 5.91 Å². The van der Waals surface area contributed by atoms with E-state index in [9.17, 15) is 27.6 Å². The lowest BCUT2D eigenvalue weighted by Crippen LogP contribution is -2.44. The van der Waals surface area contributed by atoms with Gasteiger partial charge in [0, 0.05) is 6.54 Å². The molecule has 0 atom stereocenters. The van der Waals surface area contributed by atoms with Crippen LogP contribution in [-0.2, 0) is 16.1 Å². The first kappa shape index (κ1) is 19.1. The Kier molecular flexibility index (Phi) is 5.75. The maximum atomic E-state index is 11.9.